The molecule has 112 valence electrons. The highest BCUT2D eigenvalue weighted by atomic mass is 15.3. The number of nitrogens with zero attached hydrogens (tertiary/aromatic N) is 4. The summed E-state index contributed by atoms with van der Waals surface area (Å²) < 4.78 is 0. The third-order valence-electron chi connectivity index (χ3n) is 3.58. The zero-order valence-electron chi connectivity index (χ0n) is 12.8. The maximum absolute atomic E-state index is 4.58. The Bertz CT molecular complexity index is 416. The van der Waals surface area contributed by atoms with Gasteiger partial charge in [-0.2, -0.15) is 15.0 Å². The van der Waals surface area contributed by atoms with Crippen molar-refractivity contribution in [2.45, 2.75) is 52.0 Å². The second kappa shape index (κ2) is 7.26. The largest absolute Gasteiger partial charge is 0.357 e. The molecule has 6 nitrogen and oxygen atoms in total. The van der Waals surface area contributed by atoms with Crippen molar-refractivity contribution in [2.24, 2.45) is 0 Å². The summed E-state index contributed by atoms with van der Waals surface area (Å²) in [4.78, 5) is 15.7. The lowest BCUT2D eigenvalue weighted by atomic mass is 10.1. The van der Waals surface area contributed by atoms with Crippen LogP contribution >= 0.6 is 0 Å². The zero-order chi connectivity index (χ0) is 14.4. The van der Waals surface area contributed by atoms with Crippen LogP contribution in [-0.2, 0) is 0 Å². The Hall–Kier alpha value is -1.59. The molecule has 0 aliphatic carbocycles. The summed E-state index contributed by atoms with van der Waals surface area (Å²) in [6.07, 6.45) is 6.00. The van der Waals surface area contributed by atoms with Crippen molar-refractivity contribution in [3.8, 4) is 0 Å². The molecule has 1 atom stereocenters. The van der Waals surface area contributed by atoms with Gasteiger partial charge in [-0.05, 0) is 32.6 Å². The fourth-order valence-electron chi connectivity index (χ4n) is 2.50. The first-order valence-corrected chi connectivity index (χ1v) is 7.68. The van der Waals surface area contributed by atoms with Gasteiger partial charge in [0.25, 0.3) is 0 Å². The minimum atomic E-state index is 0.376. The summed E-state index contributed by atoms with van der Waals surface area (Å²) in [7, 11) is 1.84. The molecule has 1 saturated heterocycles. The molecule has 1 aliphatic rings. The minimum Gasteiger partial charge on any atom is -0.357 e. The molecule has 1 fully saturated rings. The minimum absolute atomic E-state index is 0.376. The van der Waals surface area contributed by atoms with E-state index in [1.54, 1.807) is 0 Å². The molecular formula is C14H26N6. The monoisotopic (exact) mass is 278 g/mol. The highest BCUT2D eigenvalue weighted by Gasteiger charge is 2.16. The fourth-order valence-corrected chi connectivity index (χ4v) is 2.50. The summed E-state index contributed by atoms with van der Waals surface area (Å²) in [5.41, 5.74) is 0. The number of piperidine rings is 1. The van der Waals surface area contributed by atoms with Crippen LogP contribution in [0.15, 0.2) is 0 Å². The summed E-state index contributed by atoms with van der Waals surface area (Å²) in [6, 6.07) is 0.376. The first-order chi connectivity index (χ1) is 9.72. The molecule has 0 spiro atoms. The molecule has 1 aromatic rings. The smallest absolute Gasteiger partial charge is 0.231 e. The summed E-state index contributed by atoms with van der Waals surface area (Å²) in [6.45, 7) is 6.42. The fraction of sp³-hybridized carbons (Fsp3) is 0.786. The van der Waals surface area contributed by atoms with E-state index >= 15 is 0 Å². The number of hydrogen-bond acceptors (Lipinski definition) is 6. The van der Waals surface area contributed by atoms with Crippen molar-refractivity contribution >= 4 is 17.8 Å². The van der Waals surface area contributed by atoms with Crippen LogP contribution in [0.1, 0.15) is 46.0 Å². The van der Waals surface area contributed by atoms with Crippen LogP contribution in [-0.4, -0.2) is 41.1 Å². The maximum atomic E-state index is 4.58. The van der Waals surface area contributed by atoms with E-state index in [1.165, 1.54) is 19.3 Å². The van der Waals surface area contributed by atoms with E-state index in [0.717, 1.165) is 31.9 Å². The van der Waals surface area contributed by atoms with Crippen LogP contribution in [0.25, 0.3) is 0 Å². The van der Waals surface area contributed by atoms with Crippen molar-refractivity contribution in [1.82, 2.24) is 15.0 Å². The molecule has 0 saturated carbocycles. The van der Waals surface area contributed by atoms with Crippen LogP contribution in [0.5, 0.6) is 0 Å². The maximum Gasteiger partial charge on any atom is 0.231 e. The standard InChI is InChI=1S/C14H26N6/c1-4-8-11(2)16-13-17-12(15-3)18-14(19-13)20-9-6-5-7-10-20/h11H,4-10H2,1-3H3,(H2,15,16,17,18,19). The lowest BCUT2D eigenvalue weighted by Crippen LogP contribution is -2.31. The van der Waals surface area contributed by atoms with Gasteiger partial charge < -0.3 is 15.5 Å². The van der Waals surface area contributed by atoms with Crippen molar-refractivity contribution in [1.29, 1.82) is 0 Å². The van der Waals surface area contributed by atoms with Crippen LogP contribution in [0, 0.1) is 0 Å². The predicted octanol–water partition coefficient (Wildman–Crippen LogP) is 2.50. The van der Waals surface area contributed by atoms with E-state index in [0.29, 0.717) is 17.9 Å². The third kappa shape index (κ3) is 3.95. The lowest BCUT2D eigenvalue weighted by Gasteiger charge is -2.27. The predicted molar refractivity (Wildman–Crippen MR) is 83.4 cm³/mol. The highest BCUT2D eigenvalue weighted by Crippen LogP contribution is 2.18. The van der Waals surface area contributed by atoms with Crippen molar-refractivity contribution < 1.29 is 0 Å². The first kappa shape index (κ1) is 14.8. The van der Waals surface area contributed by atoms with E-state index in [4.69, 9.17) is 0 Å². The molecule has 0 bridgehead atoms. The molecule has 1 aromatic heterocycles. The van der Waals surface area contributed by atoms with Gasteiger partial charge in [-0.15, -0.1) is 0 Å². The number of nitrogens with one attached hydrogen (secondary N) is 2. The molecule has 0 radical (unpaired) electrons. The molecule has 1 unspecified atom stereocenters. The summed E-state index contributed by atoms with van der Waals surface area (Å²) >= 11 is 0. The Balaban J connectivity index is 2.14. The molecule has 0 aromatic carbocycles. The van der Waals surface area contributed by atoms with E-state index in [-0.39, 0.29) is 0 Å². The molecular weight excluding hydrogens is 252 g/mol. The van der Waals surface area contributed by atoms with Crippen LogP contribution in [0.3, 0.4) is 0 Å². The topological polar surface area (TPSA) is 66.0 Å². The number of aromatic nitrogens is 3. The third-order valence-corrected chi connectivity index (χ3v) is 3.58. The van der Waals surface area contributed by atoms with Crippen molar-refractivity contribution in [3.63, 3.8) is 0 Å². The Kier molecular flexibility index (Phi) is 5.38. The second-order valence-corrected chi connectivity index (χ2v) is 5.41. The lowest BCUT2D eigenvalue weighted by molar-refractivity contribution is 0.567. The van der Waals surface area contributed by atoms with Gasteiger partial charge >= 0.3 is 0 Å². The molecule has 6 heteroatoms. The molecule has 2 rings (SSSR count). The quantitative estimate of drug-likeness (QED) is 0.833. The van der Waals surface area contributed by atoms with Gasteiger partial charge in [0.05, 0.1) is 0 Å². The normalized spacial score (nSPS) is 16.9. The SMILES string of the molecule is CCCC(C)Nc1nc(NC)nc(N2CCCCC2)n1. The average molecular weight is 278 g/mol. The Morgan fingerprint density at radius 1 is 1.10 bits per heavy atom. The molecule has 2 heterocycles. The van der Waals surface area contributed by atoms with Crippen LogP contribution in [0.2, 0.25) is 0 Å². The average Bonchev–Trinajstić information content (AvgIpc) is 2.48. The summed E-state index contributed by atoms with van der Waals surface area (Å²) in [5.74, 6) is 2.09. The van der Waals surface area contributed by atoms with Gasteiger partial charge in [-0.25, -0.2) is 0 Å². The van der Waals surface area contributed by atoms with Gasteiger partial charge in [0.2, 0.25) is 17.8 Å². The Morgan fingerprint density at radius 2 is 1.80 bits per heavy atom. The van der Waals surface area contributed by atoms with Gasteiger partial charge in [-0.1, -0.05) is 13.3 Å². The molecule has 2 N–H and O–H groups in total. The number of rotatable bonds is 6. The molecule has 1 aliphatic heterocycles. The van der Waals surface area contributed by atoms with Gasteiger partial charge in [0, 0.05) is 26.2 Å². The highest BCUT2D eigenvalue weighted by molar-refractivity contribution is 5.44. The zero-order valence-corrected chi connectivity index (χ0v) is 12.8. The Morgan fingerprint density at radius 3 is 2.45 bits per heavy atom. The van der Waals surface area contributed by atoms with E-state index in [1.807, 2.05) is 7.05 Å². The molecule has 0 amide bonds. The summed E-state index contributed by atoms with van der Waals surface area (Å²) in [5, 5.41) is 6.39. The number of hydrogen-bond donors (Lipinski definition) is 2. The first-order valence-electron chi connectivity index (χ1n) is 7.68. The second-order valence-electron chi connectivity index (χ2n) is 5.41. The van der Waals surface area contributed by atoms with E-state index < -0.39 is 0 Å². The van der Waals surface area contributed by atoms with Gasteiger partial charge in [0.1, 0.15) is 0 Å². The van der Waals surface area contributed by atoms with E-state index in [2.05, 4.69) is 44.3 Å². The Labute approximate surface area is 121 Å². The number of anilines is 3. The van der Waals surface area contributed by atoms with Crippen LogP contribution < -0.4 is 15.5 Å². The van der Waals surface area contributed by atoms with Gasteiger partial charge in [-0.3, -0.25) is 0 Å². The van der Waals surface area contributed by atoms with Crippen molar-refractivity contribution in [3.05, 3.63) is 0 Å². The van der Waals surface area contributed by atoms with Gasteiger partial charge in [0.15, 0.2) is 0 Å². The molecule has 20 heavy (non-hydrogen) atoms. The van der Waals surface area contributed by atoms with Crippen molar-refractivity contribution in [2.75, 3.05) is 35.7 Å². The van der Waals surface area contributed by atoms with Crippen LogP contribution in [0.4, 0.5) is 17.8 Å². The van der Waals surface area contributed by atoms with E-state index in [9.17, 15) is 0 Å².